The van der Waals surface area contributed by atoms with Crippen LogP contribution in [-0.2, 0) is 4.79 Å². The fourth-order valence-electron chi connectivity index (χ4n) is 3.30. The maximum Gasteiger partial charge on any atom is 0.240 e. The van der Waals surface area contributed by atoms with Crippen molar-refractivity contribution in [3.63, 3.8) is 0 Å². The molecule has 0 bridgehead atoms. The Morgan fingerprint density at radius 1 is 1.38 bits per heavy atom. The van der Waals surface area contributed by atoms with Crippen molar-refractivity contribution >= 4 is 11.8 Å². The second-order valence-corrected chi connectivity index (χ2v) is 6.71. The van der Waals surface area contributed by atoms with Crippen LogP contribution in [0.5, 0.6) is 5.75 Å². The summed E-state index contributed by atoms with van der Waals surface area (Å²) < 4.78 is 10.1. The molecule has 1 fully saturated rings. The van der Waals surface area contributed by atoms with Gasteiger partial charge >= 0.3 is 0 Å². The number of likely N-dealkylation sites (tertiary alicyclic amines) is 1. The van der Waals surface area contributed by atoms with Crippen molar-refractivity contribution in [2.45, 2.75) is 25.9 Å². The van der Waals surface area contributed by atoms with Gasteiger partial charge in [0, 0.05) is 6.07 Å². The van der Waals surface area contributed by atoms with Crippen molar-refractivity contribution in [3.05, 3.63) is 41.6 Å². The molecule has 0 unspecified atom stereocenters. The molecule has 1 aliphatic heterocycles. The highest BCUT2D eigenvalue weighted by atomic mass is 16.5. The molecule has 1 aliphatic rings. The van der Waals surface area contributed by atoms with Gasteiger partial charge in [0.1, 0.15) is 5.75 Å². The average Bonchev–Trinajstić information content (AvgIpc) is 3.06. The molecule has 26 heavy (non-hydrogen) atoms. The number of carbonyl (C=O) groups is 1. The predicted molar refractivity (Wildman–Crippen MR) is 97.0 cm³/mol. The first kappa shape index (κ1) is 18.4. The molecule has 1 aromatic heterocycles. The topological polar surface area (TPSA) is 87.8 Å². The van der Waals surface area contributed by atoms with E-state index >= 15 is 0 Å². The van der Waals surface area contributed by atoms with E-state index in [-0.39, 0.29) is 11.8 Å². The smallest absolute Gasteiger partial charge is 0.240 e. The number of nitrogens with zero attached hydrogens (tertiary/aromatic N) is 2. The van der Waals surface area contributed by atoms with E-state index in [9.17, 15) is 9.90 Å². The van der Waals surface area contributed by atoms with Crippen LogP contribution in [0.2, 0.25) is 0 Å². The quantitative estimate of drug-likeness (QED) is 0.823. The van der Waals surface area contributed by atoms with Crippen LogP contribution in [0.1, 0.15) is 30.2 Å². The number of aliphatic hydroxyl groups excluding tert-OH is 1. The van der Waals surface area contributed by atoms with Crippen molar-refractivity contribution in [1.82, 2.24) is 10.1 Å². The molecule has 2 N–H and O–H groups in total. The number of aromatic nitrogens is 1. The number of amides is 1. The Morgan fingerprint density at radius 2 is 2.08 bits per heavy atom. The van der Waals surface area contributed by atoms with Gasteiger partial charge in [-0.2, -0.15) is 0 Å². The number of hydrogen-bond acceptors (Lipinski definition) is 6. The molecule has 1 aromatic carbocycles. The molecule has 2 aromatic rings. The fraction of sp³-hybridized carbons (Fsp3) is 0.474. The van der Waals surface area contributed by atoms with Crippen LogP contribution in [0.15, 0.2) is 34.9 Å². The number of nitrogens with one attached hydrogen (secondary N) is 1. The summed E-state index contributed by atoms with van der Waals surface area (Å²) in [6.45, 7) is 3.67. The molecule has 7 heteroatoms. The minimum absolute atomic E-state index is 0.115. The highest BCUT2D eigenvalue weighted by Gasteiger charge is 2.27. The summed E-state index contributed by atoms with van der Waals surface area (Å²) in [4.78, 5) is 14.2. The Hall–Kier alpha value is -2.38. The summed E-state index contributed by atoms with van der Waals surface area (Å²) in [6.07, 6.45) is 1.21. The Balaban J connectivity index is 1.46. The van der Waals surface area contributed by atoms with E-state index in [1.807, 2.05) is 24.3 Å². The first-order valence-electron chi connectivity index (χ1n) is 8.82. The van der Waals surface area contributed by atoms with Crippen LogP contribution in [0, 0.1) is 12.8 Å². The van der Waals surface area contributed by atoms with Gasteiger partial charge in [0.05, 0.1) is 25.5 Å². The summed E-state index contributed by atoms with van der Waals surface area (Å²) in [7, 11) is 1.63. The monoisotopic (exact) mass is 359 g/mol. The van der Waals surface area contributed by atoms with Crippen molar-refractivity contribution in [1.29, 1.82) is 0 Å². The van der Waals surface area contributed by atoms with E-state index in [2.05, 4.69) is 15.4 Å². The van der Waals surface area contributed by atoms with Crippen LogP contribution in [-0.4, -0.2) is 47.8 Å². The standard InChI is InChI=1S/C19H25N3O4/c1-13-11-18(26-21-13)20-17(23)12-22-9-7-15(8-10-22)19(24)14-3-5-16(25-2)6-4-14/h3-6,11,15,19,24H,7-10,12H2,1-2H3,(H,20,23)/t19-/m1/s1. The minimum atomic E-state index is -0.492. The van der Waals surface area contributed by atoms with Gasteiger partial charge in [-0.1, -0.05) is 17.3 Å². The lowest BCUT2D eigenvalue weighted by atomic mass is 9.87. The number of carbonyl (C=O) groups excluding carboxylic acids is 1. The molecular formula is C19H25N3O4. The normalized spacial score (nSPS) is 17.0. The molecule has 1 saturated heterocycles. The van der Waals surface area contributed by atoms with Crippen LogP contribution in [0.4, 0.5) is 5.88 Å². The number of piperidine rings is 1. The van der Waals surface area contributed by atoms with E-state index in [1.54, 1.807) is 20.1 Å². The Labute approximate surface area is 152 Å². The Morgan fingerprint density at radius 3 is 2.65 bits per heavy atom. The highest BCUT2D eigenvalue weighted by Crippen LogP contribution is 2.31. The van der Waals surface area contributed by atoms with Gasteiger partial charge in [-0.15, -0.1) is 0 Å². The number of aliphatic hydroxyl groups is 1. The molecule has 0 radical (unpaired) electrons. The molecule has 1 atom stereocenters. The molecular weight excluding hydrogens is 334 g/mol. The number of hydrogen-bond donors (Lipinski definition) is 2. The molecule has 140 valence electrons. The van der Waals surface area contributed by atoms with E-state index in [0.717, 1.165) is 42.9 Å². The molecule has 0 saturated carbocycles. The fourth-order valence-corrected chi connectivity index (χ4v) is 3.30. The van der Waals surface area contributed by atoms with Crippen molar-refractivity contribution in [3.8, 4) is 5.75 Å². The molecule has 0 aliphatic carbocycles. The summed E-state index contributed by atoms with van der Waals surface area (Å²) in [5.74, 6) is 1.23. The lowest BCUT2D eigenvalue weighted by molar-refractivity contribution is -0.117. The summed E-state index contributed by atoms with van der Waals surface area (Å²) >= 11 is 0. The van der Waals surface area contributed by atoms with E-state index in [4.69, 9.17) is 9.26 Å². The van der Waals surface area contributed by atoms with E-state index in [1.165, 1.54) is 0 Å². The zero-order chi connectivity index (χ0) is 18.5. The largest absolute Gasteiger partial charge is 0.497 e. The van der Waals surface area contributed by atoms with Gasteiger partial charge in [-0.3, -0.25) is 15.0 Å². The average molecular weight is 359 g/mol. The Bertz CT molecular complexity index is 721. The SMILES string of the molecule is COc1ccc([C@@H](O)C2CCN(CC(=O)Nc3cc(C)no3)CC2)cc1. The van der Waals surface area contributed by atoms with Crippen molar-refractivity contribution in [2.75, 3.05) is 32.1 Å². The zero-order valence-electron chi connectivity index (χ0n) is 15.1. The van der Waals surface area contributed by atoms with Gasteiger partial charge in [0.25, 0.3) is 0 Å². The van der Waals surface area contributed by atoms with Crippen molar-refractivity contribution < 1.29 is 19.2 Å². The lowest BCUT2D eigenvalue weighted by Gasteiger charge is -2.33. The highest BCUT2D eigenvalue weighted by molar-refractivity contribution is 5.90. The first-order valence-corrected chi connectivity index (χ1v) is 8.82. The number of anilines is 1. The van der Waals surface area contributed by atoms with Crippen LogP contribution >= 0.6 is 0 Å². The number of methoxy groups -OCH3 is 1. The molecule has 3 rings (SSSR count). The van der Waals surface area contributed by atoms with Gasteiger partial charge in [0.2, 0.25) is 11.8 Å². The predicted octanol–water partition coefficient (Wildman–Crippen LogP) is 2.38. The summed E-state index contributed by atoms with van der Waals surface area (Å²) in [5, 5.41) is 17.1. The zero-order valence-corrected chi connectivity index (χ0v) is 15.1. The van der Waals surface area contributed by atoms with Crippen LogP contribution < -0.4 is 10.1 Å². The molecule has 7 nitrogen and oxygen atoms in total. The third-order valence-electron chi connectivity index (χ3n) is 4.79. The number of ether oxygens (including phenoxy) is 1. The number of aryl methyl sites for hydroxylation is 1. The third-order valence-corrected chi connectivity index (χ3v) is 4.79. The van der Waals surface area contributed by atoms with E-state index < -0.39 is 6.10 Å². The number of benzene rings is 1. The summed E-state index contributed by atoms with van der Waals surface area (Å²) in [5.41, 5.74) is 1.64. The van der Waals surface area contributed by atoms with Crippen LogP contribution in [0.3, 0.4) is 0 Å². The maximum absolute atomic E-state index is 12.1. The minimum Gasteiger partial charge on any atom is -0.497 e. The van der Waals surface area contributed by atoms with Gasteiger partial charge in [-0.25, -0.2) is 0 Å². The summed E-state index contributed by atoms with van der Waals surface area (Å²) in [6, 6.07) is 9.23. The lowest BCUT2D eigenvalue weighted by Crippen LogP contribution is -2.40. The number of rotatable bonds is 6. The van der Waals surface area contributed by atoms with Crippen LogP contribution in [0.25, 0.3) is 0 Å². The molecule has 0 spiro atoms. The van der Waals surface area contributed by atoms with E-state index in [0.29, 0.717) is 12.4 Å². The second-order valence-electron chi connectivity index (χ2n) is 6.71. The van der Waals surface area contributed by atoms with Gasteiger partial charge in [0.15, 0.2) is 0 Å². The third kappa shape index (κ3) is 4.62. The molecule has 1 amide bonds. The Kier molecular flexibility index (Phi) is 5.90. The van der Waals surface area contributed by atoms with Gasteiger partial charge in [-0.05, 0) is 56.5 Å². The first-order chi connectivity index (χ1) is 12.5. The molecule has 2 heterocycles. The second kappa shape index (κ2) is 8.33. The van der Waals surface area contributed by atoms with Gasteiger partial charge < -0.3 is 14.4 Å². The van der Waals surface area contributed by atoms with Crippen molar-refractivity contribution in [2.24, 2.45) is 5.92 Å². The maximum atomic E-state index is 12.1.